The molecule has 0 aliphatic heterocycles. The van der Waals surface area contributed by atoms with Crippen LogP contribution < -0.4 is 16.0 Å². The Morgan fingerprint density at radius 3 is 2.31 bits per heavy atom. The third-order valence-corrected chi connectivity index (χ3v) is 3.95. The predicted octanol–water partition coefficient (Wildman–Crippen LogP) is 2.03. The van der Waals surface area contributed by atoms with Gasteiger partial charge in [0.15, 0.2) is 6.61 Å². The molecule has 0 unspecified atom stereocenters. The Balaban J connectivity index is 1.70. The Labute approximate surface area is 172 Å². The Bertz CT molecular complexity index is 871. The van der Waals surface area contributed by atoms with E-state index in [-0.39, 0.29) is 6.54 Å². The lowest BCUT2D eigenvalue weighted by Gasteiger charge is -2.13. The number of benzene rings is 2. The molecule has 1 atom stereocenters. The zero-order valence-electron chi connectivity index (χ0n) is 15.6. The number of amides is 4. The van der Waals surface area contributed by atoms with Gasteiger partial charge in [0.2, 0.25) is 0 Å². The summed E-state index contributed by atoms with van der Waals surface area (Å²) in [5.74, 6) is -2.09. The monoisotopic (exact) mass is 417 g/mol. The number of halogens is 1. The normalized spacial score (nSPS) is 11.1. The first-order chi connectivity index (χ1) is 13.8. The lowest BCUT2D eigenvalue weighted by Crippen LogP contribution is -2.43. The molecule has 0 saturated heterocycles. The van der Waals surface area contributed by atoms with Crippen molar-refractivity contribution in [2.75, 3.05) is 6.61 Å². The van der Waals surface area contributed by atoms with Crippen molar-refractivity contribution < 1.29 is 23.9 Å². The molecule has 0 aliphatic carbocycles. The van der Waals surface area contributed by atoms with E-state index in [9.17, 15) is 19.2 Å². The zero-order chi connectivity index (χ0) is 21.2. The number of ether oxygens (including phenoxy) is 1. The average Bonchev–Trinajstić information content (AvgIpc) is 2.71. The van der Waals surface area contributed by atoms with Gasteiger partial charge in [0.05, 0.1) is 0 Å². The van der Waals surface area contributed by atoms with Gasteiger partial charge >= 0.3 is 12.0 Å². The van der Waals surface area contributed by atoms with Crippen LogP contribution >= 0.6 is 11.6 Å². The van der Waals surface area contributed by atoms with Crippen LogP contribution in [0, 0.1) is 0 Å². The highest BCUT2D eigenvalue weighted by Crippen LogP contribution is 2.09. The van der Waals surface area contributed by atoms with Crippen LogP contribution in [-0.4, -0.2) is 36.5 Å². The molecular weight excluding hydrogens is 398 g/mol. The summed E-state index contributed by atoms with van der Waals surface area (Å²) in [6.07, 6.45) is 0. The quantitative estimate of drug-likeness (QED) is 0.596. The van der Waals surface area contributed by atoms with E-state index in [4.69, 9.17) is 16.3 Å². The van der Waals surface area contributed by atoms with Gasteiger partial charge < -0.3 is 15.4 Å². The molecule has 9 heteroatoms. The van der Waals surface area contributed by atoms with Gasteiger partial charge in [-0.2, -0.15) is 0 Å². The summed E-state index contributed by atoms with van der Waals surface area (Å²) < 4.78 is 4.82. The Morgan fingerprint density at radius 1 is 1.00 bits per heavy atom. The fourth-order valence-electron chi connectivity index (χ4n) is 2.19. The average molecular weight is 418 g/mol. The number of hydrogen-bond acceptors (Lipinski definition) is 5. The molecule has 2 rings (SSSR count). The molecule has 0 radical (unpaired) electrons. The van der Waals surface area contributed by atoms with Gasteiger partial charge in [0.1, 0.15) is 6.04 Å². The molecule has 2 aromatic rings. The molecule has 0 bridgehead atoms. The third-order valence-electron chi connectivity index (χ3n) is 3.70. The van der Waals surface area contributed by atoms with Gasteiger partial charge in [-0.1, -0.05) is 41.9 Å². The number of imide groups is 1. The topological polar surface area (TPSA) is 114 Å². The molecule has 8 nitrogen and oxygen atoms in total. The summed E-state index contributed by atoms with van der Waals surface area (Å²) in [6.45, 7) is 1.01. The maximum absolute atomic E-state index is 12.0. The maximum Gasteiger partial charge on any atom is 0.328 e. The van der Waals surface area contributed by atoms with Crippen molar-refractivity contribution in [3.63, 3.8) is 0 Å². The van der Waals surface area contributed by atoms with E-state index in [1.165, 1.54) is 19.1 Å². The first kappa shape index (κ1) is 21.9. The highest BCUT2D eigenvalue weighted by Gasteiger charge is 2.19. The molecule has 152 valence electrons. The van der Waals surface area contributed by atoms with Crippen molar-refractivity contribution >= 4 is 35.4 Å². The van der Waals surface area contributed by atoms with Crippen LogP contribution in [0.4, 0.5) is 4.79 Å². The lowest BCUT2D eigenvalue weighted by atomic mass is 10.2. The minimum atomic E-state index is -0.988. The molecule has 0 heterocycles. The van der Waals surface area contributed by atoms with E-state index in [2.05, 4.69) is 16.0 Å². The highest BCUT2D eigenvalue weighted by atomic mass is 35.5. The van der Waals surface area contributed by atoms with Gasteiger partial charge in [-0.05, 0) is 36.8 Å². The van der Waals surface area contributed by atoms with Crippen LogP contribution in [0.5, 0.6) is 0 Å². The number of carbonyl (C=O) groups excluding carboxylic acids is 4. The number of urea groups is 1. The van der Waals surface area contributed by atoms with E-state index in [1.54, 1.807) is 12.1 Å². The lowest BCUT2D eigenvalue weighted by molar-refractivity contribution is -0.149. The van der Waals surface area contributed by atoms with Crippen LogP contribution in [0.3, 0.4) is 0 Å². The second-order valence-electron chi connectivity index (χ2n) is 6.03. The number of esters is 1. The molecule has 0 fully saturated rings. The van der Waals surface area contributed by atoms with E-state index in [0.29, 0.717) is 10.6 Å². The molecule has 0 aromatic heterocycles. The van der Waals surface area contributed by atoms with E-state index >= 15 is 0 Å². The van der Waals surface area contributed by atoms with Crippen molar-refractivity contribution in [1.29, 1.82) is 0 Å². The standard InChI is InChI=1S/C20H20ClN3O5/c1-13(23-18(26)15-7-9-16(21)10-8-15)19(27)29-12-17(25)24-20(28)22-11-14-5-3-2-4-6-14/h2-10,13H,11-12H2,1H3,(H,23,26)(H2,22,24,25,28)/t13-/m0/s1. The van der Waals surface area contributed by atoms with Crippen LogP contribution in [0.15, 0.2) is 54.6 Å². The summed E-state index contributed by atoms with van der Waals surface area (Å²) in [5.41, 5.74) is 1.19. The van der Waals surface area contributed by atoms with E-state index in [0.717, 1.165) is 5.56 Å². The predicted molar refractivity (Wildman–Crippen MR) is 106 cm³/mol. The molecule has 0 saturated carbocycles. The van der Waals surface area contributed by atoms with Gasteiger partial charge in [-0.3, -0.25) is 14.9 Å². The minimum Gasteiger partial charge on any atom is -0.454 e. The fraction of sp³-hybridized carbons (Fsp3) is 0.200. The Hall–Kier alpha value is -3.39. The second kappa shape index (κ2) is 10.8. The molecule has 4 amide bonds. The van der Waals surface area contributed by atoms with Crippen molar-refractivity contribution in [3.05, 3.63) is 70.7 Å². The van der Waals surface area contributed by atoms with E-state index in [1.807, 2.05) is 30.3 Å². The molecule has 29 heavy (non-hydrogen) atoms. The summed E-state index contributed by atoms with van der Waals surface area (Å²) in [4.78, 5) is 47.4. The first-order valence-corrected chi connectivity index (χ1v) is 9.07. The summed E-state index contributed by atoms with van der Waals surface area (Å²) in [6, 6.07) is 13.6. The molecular formula is C20H20ClN3O5. The van der Waals surface area contributed by atoms with Crippen LogP contribution in [0.25, 0.3) is 0 Å². The van der Waals surface area contributed by atoms with Gasteiger partial charge in [0.25, 0.3) is 11.8 Å². The van der Waals surface area contributed by atoms with Crippen molar-refractivity contribution in [1.82, 2.24) is 16.0 Å². The molecule has 2 aromatic carbocycles. The van der Waals surface area contributed by atoms with Crippen LogP contribution in [0.2, 0.25) is 5.02 Å². The SMILES string of the molecule is C[C@H](NC(=O)c1ccc(Cl)cc1)C(=O)OCC(=O)NC(=O)NCc1ccccc1. The Kier molecular flexibility index (Phi) is 8.17. The zero-order valence-corrected chi connectivity index (χ0v) is 16.4. The van der Waals surface area contributed by atoms with Gasteiger partial charge in [-0.25, -0.2) is 9.59 Å². The highest BCUT2D eigenvalue weighted by molar-refractivity contribution is 6.30. The largest absolute Gasteiger partial charge is 0.454 e. The van der Waals surface area contributed by atoms with Gasteiger partial charge in [0, 0.05) is 17.1 Å². The molecule has 0 aliphatic rings. The van der Waals surface area contributed by atoms with Crippen molar-refractivity contribution in [3.8, 4) is 0 Å². The van der Waals surface area contributed by atoms with Gasteiger partial charge in [-0.15, -0.1) is 0 Å². The van der Waals surface area contributed by atoms with Crippen LogP contribution in [0.1, 0.15) is 22.8 Å². The summed E-state index contributed by atoms with van der Waals surface area (Å²) in [7, 11) is 0. The van der Waals surface area contributed by atoms with Crippen molar-refractivity contribution in [2.24, 2.45) is 0 Å². The minimum absolute atomic E-state index is 0.244. The molecule has 3 N–H and O–H groups in total. The smallest absolute Gasteiger partial charge is 0.328 e. The number of rotatable bonds is 7. The molecule has 0 spiro atoms. The fourth-order valence-corrected chi connectivity index (χ4v) is 2.31. The van der Waals surface area contributed by atoms with E-state index < -0.39 is 36.5 Å². The second-order valence-corrected chi connectivity index (χ2v) is 6.46. The summed E-state index contributed by atoms with van der Waals surface area (Å²) in [5, 5.41) is 7.49. The maximum atomic E-state index is 12.0. The summed E-state index contributed by atoms with van der Waals surface area (Å²) >= 11 is 5.76. The van der Waals surface area contributed by atoms with Crippen molar-refractivity contribution in [2.45, 2.75) is 19.5 Å². The first-order valence-electron chi connectivity index (χ1n) is 8.70. The number of nitrogens with one attached hydrogen (secondary N) is 3. The Morgan fingerprint density at radius 2 is 1.66 bits per heavy atom. The number of hydrogen-bond donors (Lipinski definition) is 3. The van der Waals surface area contributed by atoms with Crippen LogP contribution in [-0.2, 0) is 20.9 Å². The third kappa shape index (κ3) is 7.63. The number of carbonyl (C=O) groups is 4.